The van der Waals surface area contributed by atoms with Crippen LogP contribution in [0.25, 0.3) is 11.3 Å². The number of H-pyrrole nitrogens is 1. The lowest BCUT2D eigenvalue weighted by Crippen LogP contribution is -2.46. The Morgan fingerprint density at radius 1 is 1.13 bits per heavy atom. The Labute approximate surface area is 136 Å². The molecule has 23 heavy (non-hydrogen) atoms. The van der Waals surface area contributed by atoms with Crippen LogP contribution in [0.1, 0.15) is 5.56 Å². The summed E-state index contributed by atoms with van der Waals surface area (Å²) < 4.78 is 5.21. The van der Waals surface area contributed by atoms with Crippen molar-refractivity contribution in [2.45, 2.75) is 6.54 Å². The molecule has 1 saturated heterocycles. The van der Waals surface area contributed by atoms with E-state index in [-0.39, 0.29) is 6.61 Å². The quantitative estimate of drug-likeness (QED) is 0.838. The molecule has 1 aliphatic rings. The van der Waals surface area contributed by atoms with Gasteiger partial charge in [-0.3, -0.25) is 14.9 Å². The third-order valence-electron chi connectivity index (χ3n) is 4.37. The normalized spacial score (nSPS) is 16.6. The number of hydrogen-bond donors (Lipinski definition) is 2. The standard InChI is InChI=1S/C17H24N4O2/c1-23-16-4-2-14(3-5-16)17-15(12-18-19-17)13-21-8-6-20(7-9-21)10-11-22/h2-5,12,22H,6-11,13H2,1H3,(H,18,19). The second-order valence-electron chi connectivity index (χ2n) is 5.84. The highest BCUT2D eigenvalue weighted by Gasteiger charge is 2.18. The van der Waals surface area contributed by atoms with Crippen LogP contribution in [0.5, 0.6) is 5.75 Å². The highest BCUT2D eigenvalue weighted by atomic mass is 16.5. The van der Waals surface area contributed by atoms with Gasteiger partial charge in [0.1, 0.15) is 5.75 Å². The highest BCUT2D eigenvalue weighted by Crippen LogP contribution is 2.24. The van der Waals surface area contributed by atoms with Crippen LogP contribution in [-0.2, 0) is 6.54 Å². The van der Waals surface area contributed by atoms with Gasteiger partial charge in [0.15, 0.2) is 0 Å². The van der Waals surface area contributed by atoms with E-state index in [9.17, 15) is 0 Å². The number of aliphatic hydroxyl groups excluding tert-OH is 1. The number of rotatable bonds is 6. The van der Waals surface area contributed by atoms with Gasteiger partial charge in [0, 0.05) is 50.4 Å². The molecule has 6 nitrogen and oxygen atoms in total. The molecule has 1 aromatic carbocycles. The van der Waals surface area contributed by atoms with Crippen LogP contribution in [-0.4, -0.2) is 71.5 Å². The third kappa shape index (κ3) is 3.90. The Hall–Kier alpha value is -1.89. The van der Waals surface area contributed by atoms with Crippen LogP contribution in [0, 0.1) is 0 Å². The summed E-state index contributed by atoms with van der Waals surface area (Å²) in [7, 11) is 1.67. The van der Waals surface area contributed by atoms with Gasteiger partial charge in [0.05, 0.1) is 25.6 Å². The first-order chi connectivity index (χ1) is 11.3. The van der Waals surface area contributed by atoms with E-state index in [0.29, 0.717) is 0 Å². The SMILES string of the molecule is COc1ccc(-c2[nH]ncc2CN2CCN(CCO)CC2)cc1. The summed E-state index contributed by atoms with van der Waals surface area (Å²) in [5.41, 5.74) is 3.41. The van der Waals surface area contributed by atoms with Gasteiger partial charge >= 0.3 is 0 Å². The van der Waals surface area contributed by atoms with E-state index in [1.807, 2.05) is 18.3 Å². The zero-order chi connectivity index (χ0) is 16.1. The van der Waals surface area contributed by atoms with Crippen LogP contribution < -0.4 is 4.74 Å². The van der Waals surface area contributed by atoms with E-state index in [4.69, 9.17) is 9.84 Å². The van der Waals surface area contributed by atoms with Crippen molar-refractivity contribution in [3.8, 4) is 17.0 Å². The topological polar surface area (TPSA) is 64.6 Å². The minimum Gasteiger partial charge on any atom is -0.497 e. The van der Waals surface area contributed by atoms with Gasteiger partial charge in [-0.15, -0.1) is 0 Å². The Morgan fingerprint density at radius 3 is 2.48 bits per heavy atom. The Bertz CT molecular complexity index is 603. The summed E-state index contributed by atoms with van der Waals surface area (Å²) in [6, 6.07) is 8.03. The molecule has 1 aliphatic heterocycles. The molecule has 2 heterocycles. The summed E-state index contributed by atoms with van der Waals surface area (Å²) in [6.07, 6.45) is 1.92. The summed E-state index contributed by atoms with van der Waals surface area (Å²) in [5.74, 6) is 0.856. The lowest BCUT2D eigenvalue weighted by Gasteiger charge is -2.34. The van der Waals surface area contributed by atoms with E-state index in [1.165, 1.54) is 5.56 Å². The summed E-state index contributed by atoms with van der Waals surface area (Å²) >= 11 is 0. The first-order valence-electron chi connectivity index (χ1n) is 8.02. The number of aromatic amines is 1. The lowest BCUT2D eigenvalue weighted by atomic mass is 10.1. The average molecular weight is 316 g/mol. The van der Waals surface area contributed by atoms with Gasteiger partial charge in [0.25, 0.3) is 0 Å². The molecule has 0 radical (unpaired) electrons. The second kappa shape index (κ2) is 7.59. The van der Waals surface area contributed by atoms with Crippen molar-refractivity contribution in [1.82, 2.24) is 20.0 Å². The van der Waals surface area contributed by atoms with Crippen molar-refractivity contribution in [1.29, 1.82) is 0 Å². The molecule has 0 unspecified atom stereocenters. The van der Waals surface area contributed by atoms with Crippen molar-refractivity contribution in [2.75, 3.05) is 46.4 Å². The number of aliphatic hydroxyl groups is 1. The van der Waals surface area contributed by atoms with Crippen LogP contribution in [0.4, 0.5) is 0 Å². The summed E-state index contributed by atoms with van der Waals surface area (Å²) in [6.45, 7) is 5.97. The maximum absolute atomic E-state index is 9.02. The van der Waals surface area contributed by atoms with E-state index < -0.39 is 0 Å². The number of benzene rings is 1. The van der Waals surface area contributed by atoms with E-state index in [2.05, 4.69) is 32.1 Å². The van der Waals surface area contributed by atoms with Gasteiger partial charge in [-0.1, -0.05) is 0 Å². The predicted molar refractivity (Wildman–Crippen MR) is 89.4 cm³/mol. The van der Waals surface area contributed by atoms with Crippen LogP contribution in [0.15, 0.2) is 30.5 Å². The number of nitrogens with one attached hydrogen (secondary N) is 1. The van der Waals surface area contributed by atoms with Crippen molar-refractivity contribution < 1.29 is 9.84 Å². The predicted octanol–water partition coefficient (Wildman–Crippen LogP) is 1.20. The molecule has 0 saturated carbocycles. The second-order valence-corrected chi connectivity index (χ2v) is 5.84. The number of ether oxygens (including phenoxy) is 1. The van der Waals surface area contributed by atoms with Gasteiger partial charge in [-0.05, 0) is 24.3 Å². The largest absolute Gasteiger partial charge is 0.497 e. The highest BCUT2D eigenvalue weighted by molar-refractivity contribution is 5.63. The van der Waals surface area contributed by atoms with Crippen molar-refractivity contribution >= 4 is 0 Å². The molecule has 124 valence electrons. The molecular formula is C17H24N4O2. The van der Waals surface area contributed by atoms with E-state index in [0.717, 1.165) is 56.3 Å². The third-order valence-corrected chi connectivity index (χ3v) is 4.37. The molecule has 0 spiro atoms. The summed E-state index contributed by atoms with van der Waals surface area (Å²) in [5, 5.41) is 16.4. The Balaban J connectivity index is 1.64. The monoisotopic (exact) mass is 316 g/mol. The number of hydrogen-bond acceptors (Lipinski definition) is 5. The Kier molecular flexibility index (Phi) is 5.27. The fourth-order valence-electron chi connectivity index (χ4n) is 2.99. The molecule has 2 N–H and O–H groups in total. The molecule has 0 bridgehead atoms. The number of aromatic nitrogens is 2. The molecule has 1 fully saturated rings. The number of nitrogens with zero attached hydrogens (tertiary/aromatic N) is 3. The first-order valence-corrected chi connectivity index (χ1v) is 8.02. The van der Waals surface area contributed by atoms with Crippen molar-refractivity contribution in [3.05, 3.63) is 36.0 Å². The molecule has 2 aromatic rings. The fraction of sp³-hybridized carbons (Fsp3) is 0.471. The molecule has 0 amide bonds. The summed E-state index contributed by atoms with van der Waals surface area (Å²) in [4.78, 5) is 4.74. The van der Waals surface area contributed by atoms with Gasteiger partial charge in [0.2, 0.25) is 0 Å². The van der Waals surface area contributed by atoms with Crippen LogP contribution >= 0.6 is 0 Å². The molecule has 1 aromatic heterocycles. The minimum absolute atomic E-state index is 0.239. The molecule has 0 atom stereocenters. The smallest absolute Gasteiger partial charge is 0.118 e. The molecule has 0 aliphatic carbocycles. The van der Waals surface area contributed by atoms with Crippen LogP contribution in [0.3, 0.4) is 0 Å². The number of methoxy groups -OCH3 is 1. The molecular weight excluding hydrogens is 292 g/mol. The minimum atomic E-state index is 0.239. The van der Waals surface area contributed by atoms with Gasteiger partial charge in [-0.25, -0.2) is 0 Å². The van der Waals surface area contributed by atoms with Gasteiger partial charge in [-0.2, -0.15) is 5.10 Å². The molecule has 3 rings (SSSR count). The lowest BCUT2D eigenvalue weighted by molar-refractivity contribution is 0.108. The molecule has 6 heteroatoms. The average Bonchev–Trinajstić information content (AvgIpc) is 3.05. The maximum Gasteiger partial charge on any atom is 0.118 e. The fourth-order valence-corrected chi connectivity index (χ4v) is 2.99. The maximum atomic E-state index is 9.02. The Morgan fingerprint density at radius 2 is 1.83 bits per heavy atom. The zero-order valence-corrected chi connectivity index (χ0v) is 13.5. The van der Waals surface area contributed by atoms with Gasteiger partial charge < -0.3 is 9.84 Å². The van der Waals surface area contributed by atoms with E-state index in [1.54, 1.807) is 7.11 Å². The zero-order valence-electron chi connectivity index (χ0n) is 13.5. The van der Waals surface area contributed by atoms with E-state index >= 15 is 0 Å². The van der Waals surface area contributed by atoms with Crippen molar-refractivity contribution in [2.24, 2.45) is 0 Å². The van der Waals surface area contributed by atoms with Crippen LogP contribution in [0.2, 0.25) is 0 Å². The number of piperazine rings is 1. The van der Waals surface area contributed by atoms with Crippen molar-refractivity contribution in [3.63, 3.8) is 0 Å². The first kappa shape index (κ1) is 16.0. The number of β-amino-alcohol motifs (C(OH)–C–C–N with tert-alkyl or cyclic N) is 1.